The van der Waals surface area contributed by atoms with Crippen LogP contribution in [0.1, 0.15) is 21.5 Å². The Balaban J connectivity index is 1.58. The van der Waals surface area contributed by atoms with E-state index >= 15 is 0 Å². The molecule has 1 amide bonds. The Morgan fingerprint density at radius 3 is 2.56 bits per heavy atom. The van der Waals surface area contributed by atoms with Crippen LogP contribution < -0.4 is 5.32 Å². The average molecular weight is 348 g/mol. The van der Waals surface area contributed by atoms with E-state index < -0.39 is 0 Å². The SMILES string of the molecule is O=C(Nc1cccnc1)c1ccccc1CCSCc1ccccc1. The van der Waals surface area contributed by atoms with Crippen molar-refractivity contribution in [3.8, 4) is 0 Å². The van der Waals surface area contributed by atoms with Gasteiger partial charge in [0.05, 0.1) is 11.9 Å². The largest absolute Gasteiger partial charge is 0.321 e. The second kappa shape index (κ2) is 9.04. The lowest BCUT2D eigenvalue weighted by molar-refractivity contribution is 0.102. The topological polar surface area (TPSA) is 42.0 Å². The molecule has 0 saturated heterocycles. The Bertz CT molecular complexity index is 806. The molecule has 126 valence electrons. The molecule has 4 heteroatoms. The van der Waals surface area contributed by atoms with Crippen LogP contribution in [0.2, 0.25) is 0 Å². The fraction of sp³-hybridized carbons (Fsp3) is 0.143. The van der Waals surface area contributed by atoms with Crippen LogP contribution in [0.15, 0.2) is 79.1 Å². The molecule has 2 aromatic carbocycles. The maximum absolute atomic E-state index is 12.5. The van der Waals surface area contributed by atoms with Gasteiger partial charge in [-0.3, -0.25) is 9.78 Å². The predicted octanol–water partition coefficient (Wildman–Crippen LogP) is 4.81. The van der Waals surface area contributed by atoms with Crippen LogP contribution in [0.25, 0.3) is 0 Å². The third-order valence-corrected chi connectivity index (χ3v) is 4.84. The van der Waals surface area contributed by atoms with Crippen LogP contribution in [0.3, 0.4) is 0 Å². The van der Waals surface area contributed by atoms with Crippen molar-refractivity contribution in [1.29, 1.82) is 0 Å². The molecule has 0 unspecified atom stereocenters. The van der Waals surface area contributed by atoms with Crippen LogP contribution in [0.4, 0.5) is 5.69 Å². The minimum absolute atomic E-state index is 0.0864. The number of nitrogens with one attached hydrogen (secondary N) is 1. The minimum atomic E-state index is -0.0864. The lowest BCUT2D eigenvalue weighted by Gasteiger charge is -2.10. The molecule has 1 aromatic heterocycles. The van der Waals surface area contributed by atoms with Gasteiger partial charge in [-0.15, -0.1) is 0 Å². The van der Waals surface area contributed by atoms with Crippen molar-refractivity contribution >= 4 is 23.4 Å². The van der Waals surface area contributed by atoms with E-state index in [0.717, 1.165) is 29.1 Å². The van der Waals surface area contributed by atoms with Crippen LogP contribution in [0, 0.1) is 0 Å². The van der Waals surface area contributed by atoms with Gasteiger partial charge in [-0.1, -0.05) is 48.5 Å². The Morgan fingerprint density at radius 2 is 1.76 bits per heavy atom. The molecule has 0 saturated carbocycles. The van der Waals surface area contributed by atoms with Gasteiger partial charge in [0.1, 0.15) is 0 Å². The standard InChI is InChI=1S/C21H20N2OS/c24-21(23-19-10-6-13-22-15-19)20-11-5-4-9-18(20)12-14-25-16-17-7-2-1-3-8-17/h1-11,13,15H,12,14,16H2,(H,23,24). The number of hydrogen-bond donors (Lipinski definition) is 1. The number of nitrogens with zero attached hydrogens (tertiary/aromatic N) is 1. The molecule has 3 nitrogen and oxygen atoms in total. The van der Waals surface area contributed by atoms with E-state index in [1.807, 2.05) is 54.2 Å². The van der Waals surface area contributed by atoms with Crippen molar-refractivity contribution in [2.75, 3.05) is 11.1 Å². The van der Waals surface area contributed by atoms with Crippen molar-refractivity contribution in [3.63, 3.8) is 0 Å². The van der Waals surface area contributed by atoms with Gasteiger partial charge in [-0.25, -0.2) is 0 Å². The van der Waals surface area contributed by atoms with E-state index in [0.29, 0.717) is 5.69 Å². The van der Waals surface area contributed by atoms with Gasteiger partial charge in [-0.05, 0) is 41.5 Å². The number of carbonyl (C=O) groups excluding carboxylic acids is 1. The monoisotopic (exact) mass is 348 g/mol. The Morgan fingerprint density at radius 1 is 0.960 bits per heavy atom. The summed E-state index contributed by atoms with van der Waals surface area (Å²) in [5, 5.41) is 2.91. The van der Waals surface area contributed by atoms with Crippen molar-refractivity contribution in [2.45, 2.75) is 12.2 Å². The maximum atomic E-state index is 12.5. The highest BCUT2D eigenvalue weighted by Crippen LogP contribution is 2.17. The van der Waals surface area contributed by atoms with Gasteiger partial charge in [0.15, 0.2) is 0 Å². The molecule has 3 aromatic rings. The Labute approximate surface area is 152 Å². The molecule has 3 rings (SSSR count). The number of pyridine rings is 1. The second-order valence-electron chi connectivity index (χ2n) is 5.64. The third kappa shape index (κ3) is 5.19. The van der Waals surface area contributed by atoms with Crippen molar-refractivity contribution in [1.82, 2.24) is 4.98 Å². The van der Waals surface area contributed by atoms with Crippen LogP contribution in [-0.4, -0.2) is 16.6 Å². The number of carbonyl (C=O) groups is 1. The molecule has 1 N–H and O–H groups in total. The number of thioether (sulfide) groups is 1. The number of amides is 1. The summed E-state index contributed by atoms with van der Waals surface area (Å²) in [5.41, 5.74) is 3.84. The van der Waals surface area contributed by atoms with Gasteiger partial charge >= 0.3 is 0 Å². The summed E-state index contributed by atoms with van der Waals surface area (Å²) < 4.78 is 0. The maximum Gasteiger partial charge on any atom is 0.255 e. The highest BCUT2D eigenvalue weighted by Gasteiger charge is 2.11. The van der Waals surface area contributed by atoms with E-state index in [2.05, 4.69) is 34.6 Å². The van der Waals surface area contributed by atoms with Gasteiger partial charge < -0.3 is 5.32 Å². The summed E-state index contributed by atoms with van der Waals surface area (Å²) in [6.07, 6.45) is 4.21. The number of rotatable bonds is 7. The first-order valence-corrected chi connectivity index (χ1v) is 9.39. The van der Waals surface area contributed by atoms with Crippen molar-refractivity contribution < 1.29 is 4.79 Å². The number of aryl methyl sites for hydroxylation is 1. The fourth-order valence-corrected chi connectivity index (χ4v) is 3.48. The molecule has 0 aliphatic rings. The van der Waals surface area contributed by atoms with E-state index in [9.17, 15) is 4.79 Å². The number of benzene rings is 2. The molecular weight excluding hydrogens is 328 g/mol. The first-order valence-electron chi connectivity index (χ1n) is 8.24. The quantitative estimate of drug-likeness (QED) is 0.623. The van der Waals surface area contributed by atoms with Gasteiger partial charge in [0, 0.05) is 17.5 Å². The molecule has 0 aliphatic heterocycles. The number of hydrogen-bond acceptors (Lipinski definition) is 3. The number of anilines is 1. The molecule has 0 atom stereocenters. The molecule has 1 heterocycles. The number of aromatic nitrogens is 1. The van der Waals surface area contributed by atoms with Crippen LogP contribution >= 0.6 is 11.8 Å². The predicted molar refractivity (Wildman–Crippen MR) is 105 cm³/mol. The smallest absolute Gasteiger partial charge is 0.255 e. The summed E-state index contributed by atoms with van der Waals surface area (Å²) in [6, 6.07) is 21.9. The van der Waals surface area contributed by atoms with Gasteiger partial charge in [0.2, 0.25) is 0 Å². The molecule has 0 radical (unpaired) electrons. The lowest BCUT2D eigenvalue weighted by atomic mass is 10.0. The first kappa shape index (κ1) is 17.2. The molecule has 0 fully saturated rings. The zero-order chi connectivity index (χ0) is 17.3. The molecule has 0 bridgehead atoms. The van der Waals surface area contributed by atoms with E-state index in [-0.39, 0.29) is 5.91 Å². The van der Waals surface area contributed by atoms with Crippen molar-refractivity contribution in [2.24, 2.45) is 0 Å². The van der Waals surface area contributed by atoms with E-state index in [4.69, 9.17) is 0 Å². The Hall–Kier alpha value is -2.59. The molecule has 0 spiro atoms. The Kier molecular flexibility index (Phi) is 6.23. The summed E-state index contributed by atoms with van der Waals surface area (Å²) in [7, 11) is 0. The summed E-state index contributed by atoms with van der Waals surface area (Å²) in [5.74, 6) is 1.88. The summed E-state index contributed by atoms with van der Waals surface area (Å²) in [6.45, 7) is 0. The third-order valence-electron chi connectivity index (χ3n) is 3.81. The second-order valence-corrected chi connectivity index (χ2v) is 6.75. The molecule has 25 heavy (non-hydrogen) atoms. The highest BCUT2D eigenvalue weighted by atomic mass is 32.2. The molecular formula is C21H20N2OS. The van der Waals surface area contributed by atoms with Crippen molar-refractivity contribution in [3.05, 3.63) is 95.8 Å². The first-order chi connectivity index (χ1) is 12.3. The van der Waals surface area contributed by atoms with Crippen LogP contribution in [-0.2, 0) is 12.2 Å². The zero-order valence-electron chi connectivity index (χ0n) is 13.9. The summed E-state index contributed by atoms with van der Waals surface area (Å²) >= 11 is 1.88. The average Bonchev–Trinajstić information content (AvgIpc) is 2.67. The highest BCUT2D eigenvalue weighted by molar-refractivity contribution is 7.98. The lowest BCUT2D eigenvalue weighted by Crippen LogP contribution is -2.14. The minimum Gasteiger partial charge on any atom is -0.321 e. The normalized spacial score (nSPS) is 10.4. The van der Waals surface area contributed by atoms with Gasteiger partial charge in [0.25, 0.3) is 5.91 Å². The van der Waals surface area contributed by atoms with Gasteiger partial charge in [-0.2, -0.15) is 11.8 Å². The zero-order valence-corrected chi connectivity index (χ0v) is 14.7. The van der Waals surface area contributed by atoms with Crippen LogP contribution in [0.5, 0.6) is 0 Å². The van der Waals surface area contributed by atoms with E-state index in [1.165, 1.54) is 5.56 Å². The molecule has 0 aliphatic carbocycles. The fourth-order valence-electron chi connectivity index (χ4n) is 2.54. The summed E-state index contributed by atoms with van der Waals surface area (Å²) in [4.78, 5) is 16.6. The van der Waals surface area contributed by atoms with E-state index in [1.54, 1.807) is 12.4 Å².